The molecule has 0 spiro atoms. The number of thiophene rings is 1. The quantitative estimate of drug-likeness (QED) is 0.849. The van der Waals surface area contributed by atoms with E-state index < -0.39 is 0 Å². The summed E-state index contributed by atoms with van der Waals surface area (Å²) in [4.78, 5) is 8.09. The van der Waals surface area contributed by atoms with Gasteiger partial charge in [0.15, 0.2) is 0 Å². The normalized spacial score (nSPS) is 28.1. The molecule has 116 valence electrons. The smallest absolute Gasteiger partial charge is 0.0772 e. The number of hydrogen-bond donors (Lipinski definition) is 0. The Morgan fingerprint density at radius 3 is 3.14 bits per heavy atom. The highest BCUT2D eigenvalue weighted by atomic mass is 32.1. The van der Waals surface area contributed by atoms with Gasteiger partial charge in [-0.05, 0) is 23.1 Å². The van der Waals surface area contributed by atoms with Crippen molar-refractivity contribution in [2.24, 2.45) is 5.92 Å². The topological polar surface area (TPSA) is 34.6 Å². The first kappa shape index (κ1) is 14.3. The van der Waals surface area contributed by atoms with Gasteiger partial charge in [0.25, 0.3) is 0 Å². The van der Waals surface area contributed by atoms with Crippen LogP contribution in [0.1, 0.15) is 10.4 Å². The Labute approximate surface area is 134 Å². The first-order valence-corrected chi connectivity index (χ1v) is 8.63. The Balaban J connectivity index is 1.40. The van der Waals surface area contributed by atoms with Crippen LogP contribution in [0.3, 0.4) is 0 Å². The molecule has 0 saturated carbocycles. The Bertz CT molecular complexity index is 590. The molecule has 4 rings (SSSR count). The molecule has 0 unspecified atom stereocenters. The SMILES string of the molecule is c1cncc(CO[C@H]2CN(Cc3cccs3)[C@@H]3COC[C@H]23)c1. The van der Waals surface area contributed by atoms with Crippen LogP contribution in [0.15, 0.2) is 42.0 Å². The Hall–Kier alpha value is -1.27. The van der Waals surface area contributed by atoms with E-state index in [-0.39, 0.29) is 6.10 Å². The standard InChI is InChI=1S/C17H20N2O2S/c1-3-13(7-18-5-1)10-21-17-9-19(8-14-4-2-6-22-14)16-12-20-11-15(16)17/h1-7,15-17H,8-12H2/t15-,16+,17-/m0/s1. The van der Waals surface area contributed by atoms with Gasteiger partial charge in [0.05, 0.1) is 25.9 Å². The molecule has 0 aromatic carbocycles. The monoisotopic (exact) mass is 316 g/mol. The summed E-state index contributed by atoms with van der Waals surface area (Å²) in [6.07, 6.45) is 3.93. The lowest BCUT2D eigenvalue weighted by molar-refractivity contribution is 0.00874. The number of nitrogens with zero attached hydrogens (tertiary/aromatic N) is 2. The van der Waals surface area contributed by atoms with E-state index in [4.69, 9.17) is 9.47 Å². The fraction of sp³-hybridized carbons (Fsp3) is 0.471. The third-order valence-corrected chi connectivity index (χ3v) is 5.44. The van der Waals surface area contributed by atoms with Gasteiger partial charge in [-0.15, -0.1) is 11.3 Å². The minimum absolute atomic E-state index is 0.257. The zero-order chi connectivity index (χ0) is 14.8. The van der Waals surface area contributed by atoms with Crippen molar-refractivity contribution < 1.29 is 9.47 Å². The summed E-state index contributed by atoms with van der Waals surface area (Å²) in [7, 11) is 0. The van der Waals surface area contributed by atoms with Crippen LogP contribution in [0.2, 0.25) is 0 Å². The van der Waals surface area contributed by atoms with Gasteiger partial charge in [0.1, 0.15) is 0 Å². The molecule has 2 aliphatic heterocycles. The van der Waals surface area contributed by atoms with E-state index in [0.717, 1.165) is 31.9 Å². The predicted octanol–water partition coefficient (Wildman–Crippen LogP) is 2.56. The second-order valence-electron chi connectivity index (χ2n) is 5.99. The third-order valence-electron chi connectivity index (χ3n) is 4.58. The number of likely N-dealkylation sites (tertiary alicyclic amines) is 1. The van der Waals surface area contributed by atoms with Crippen LogP contribution in [0.4, 0.5) is 0 Å². The van der Waals surface area contributed by atoms with Crippen LogP contribution in [-0.2, 0) is 22.6 Å². The van der Waals surface area contributed by atoms with Gasteiger partial charge in [-0.2, -0.15) is 0 Å². The zero-order valence-electron chi connectivity index (χ0n) is 12.4. The van der Waals surface area contributed by atoms with E-state index in [2.05, 4.69) is 33.5 Å². The van der Waals surface area contributed by atoms with Crippen molar-refractivity contribution in [2.75, 3.05) is 19.8 Å². The minimum atomic E-state index is 0.257. The number of fused-ring (bicyclic) bond motifs is 1. The molecular weight excluding hydrogens is 296 g/mol. The molecule has 4 heterocycles. The van der Waals surface area contributed by atoms with Crippen molar-refractivity contribution in [3.8, 4) is 0 Å². The molecule has 0 amide bonds. The third kappa shape index (κ3) is 2.94. The van der Waals surface area contributed by atoms with Crippen molar-refractivity contribution in [3.63, 3.8) is 0 Å². The molecular formula is C17H20N2O2S. The summed E-state index contributed by atoms with van der Waals surface area (Å²) < 4.78 is 11.9. The van der Waals surface area contributed by atoms with E-state index in [1.807, 2.05) is 23.6 Å². The largest absolute Gasteiger partial charge is 0.379 e. The Morgan fingerprint density at radius 1 is 1.32 bits per heavy atom. The molecule has 3 atom stereocenters. The van der Waals surface area contributed by atoms with Crippen molar-refractivity contribution in [1.82, 2.24) is 9.88 Å². The summed E-state index contributed by atoms with van der Waals surface area (Å²) in [5.74, 6) is 0.497. The molecule has 2 fully saturated rings. The molecule has 2 aliphatic rings. The van der Waals surface area contributed by atoms with Crippen molar-refractivity contribution >= 4 is 11.3 Å². The highest BCUT2D eigenvalue weighted by Gasteiger charge is 2.45. The first-order chi connectivity index (χ1) is 10.9. The summed E-state index contributed by atoms with van der Waals surface area (Å²) in [5, 5.41) is 2.14. The molecule has 0 N–H and O–H groups in total. The molecule has 2 aromatic heterocycles. The molecule has 0 bridgehead atoms. The maximum Gasteiger partial charge on any atom is 0.0772 e. The second kappa shape index (κ2) is 6.46. The molecule has 2 saturated heterocycles. The maximum absolute atomic E-state index is 6.19. The van der Waals surface area contributed by atoms with E-state index in [1.165, 1.54) is 4.88 Å². The van der Waals surface area contributed by atoms with Gasteiger partial charge >= 0.3 is 0 Å². The summed E-state index contributed by atoms with van der Waals surface area (Å²) >= 11 is 1.82. The number of pyridine rings is 1. The first-order valence-electron chi connectivity index (χ1n) is 7.75. The summed E-state index contributed by atoms with van der Waals surface area (Å²) in [6, 6.07) is 8.85. The van der Waals surface area contributed by atoms with Crippen molar-refractivity contribution in [1.29, 1.82) is 0 Å². The fourth-order valence-electron chi connectivity index (χ4n) is 3.44. The zero-order valence-corrected chi connectivity index (χ0v) is 13.2. The van der Waals surface area contributed by atoms with E-state index >= 15 is 0 Å². The van der Waals surface area contributed by atoms with E-state index in [0.29, 0.717) is 18.6 Å². The second-order valence-corrected chi connectivity index (χ2v) is 7.02. The lowest BCUT2D eigenvalue weighted by Crippen LogP contribution is -2.31. The van der Waals surface area contributed by atoms with Crippen molar-refractivity contribution in [2.45, 2.75) is 25.3 Å². The molecule has 2 aromatic rings. The van der Waals surface area contributed by atoms with Gasteiger partial charge in [0, 0.05) is 42.3 Å². The average Bonchev–Trinajstić information content (AvgIpc) is 3.26. The molecule has 0 aliphatic carbocycles. The summed E-state index contributed by atoms with van der Waals surface area (Å²) in [6.45, 7) is 4.30. The van der Waals surface area contributed by atoms with E-state index in [9.17, 15) is 0 Å². The number of ether oxygens (including phenoxy) is 2. The number of aromatic nitrogens is 1. The highest BCUT2D eigenvalue weighted by molar-refractivity contribution is 7.09. The summed E-state index contributed by atoms with van der Waals surface area (Å²) in [5.41, 5.74) is 1.13. The van der Waals surface area contributed by atoms with Gasteiger partial charge in [-0.1, -0.05) is 12.1 Å². The maximum atomic E-state index is 6.19. The molecule has 4 nitrogen and oxygen atoms in total. The predicted molar refractivity (Wildman–Crippen MR) is 85.6 cm³/mol. The van der Waals surface area contributed by atoms with Crippen molar-refractivity contribution in [3.05, 3.63) is 52.5 Å². The highest BCUT2D eigenvalue weighted by Crippen LogP contribution is 2.34. The van der Waals surface area contributed by atoms with Gasteiger partial charge in [-0.3, -0.25) is 9.88 Å². The molecule has 5 heteroatoms. The minimum Gasteiger partial charge on any atom is -0.379 e. The van der Waals surface area contributed by atoms with Crippen LogP contribution in [0.5, 0.6) is 0 Å². The lowest BCUT2D eigenvalue weighted by Gasteiger charge is -2.21. The van der Waals surface area contributed by atoms with Crippen LogP contribution >= 0.6 is 11.3 Å². The molecule has 0 radical (unpaired) electrons. The van der Waals surface area contributed by atoms with Gasteiger partial charge in [-0.25, -0.2) is 0 Å². The Morgan fingerprint density at radius 2 is 2.32 bits per heavy atom. The van der Waals surface area contributed by atoms with Crippen LogP contribution in [0.25, 0.3) is 0 Å². The number of hydrogen-bond acceptors (Lipinski definition) is 5. The van der Waals surface area contributed by atoms with Crippen LogP contribution < -0.4 is 0 Å². The van der Waals surface area contributed by atoms with Gasteiger partial charge in [0.2, 0.25) is 0 Å². The van der Waals surface area contributed by atoms with Gasteiger partial charge < -0.3 is 9.47 Å². The van der Waals surface area contributed by atoms with Crippen LogP contribution in [-0.4, -0.2) is 41.8 Å². The van der Waals surface area contributed by atoms with Crippen LogP contribution in [0, 0.1) is 5.92 Å². The fourth-order valence-corrected chi connectivity index (χ4v) is 4.17. The average molecular weight is 316 g/mol. The lowest BCUT2D eigenvalue weighted by atomic mass is 10.0. The number of rotatable bonds is 5. The Kier molecular flexibility index (Phi) is 4.21. The van der Waals surface area contributed by atoms with E-state index in [1.54, 1.807) is 6.20 Å². The molecule has 22 heavy (non-hydrogen) atoms.